The zero-order chi connectivity index (χ0) is 8.60. The summed E-state index contributed by atoms with van der Waals surface area (Å²) >= 11 is 0. The second kappa shape index (κ2) is 2.76. The topological polar surface area (TPSA) is 29.5 Å². The van der Waals surface area contributed by atoms with Crippen LogP contribution in [0, 0.1) is 18.3 Å². The largest absolute Gasteiger partial charge is 0.387 e. The van der Waals surface area contributed by atoms with Crippen molar-refractivity contribution >= 4 is 0 Å². The zero-order valence-electron chi connectivity index (χ0n) is 7.12. The second-order valence-electron chi connectivity index (χ2n) is 3.81. The molecule has 1 saturated carbocycles. The molecule has 2 nitrogen and oxygen atoms in total. The van der Waals surface area contributed by atoms with Crippen molar-refractivity contribution in [3.8, 4) is 12.3 Å². The van der Waals surface area contributed by atoms with Gasteiger partial charge < -0.3 is 9.84 Å². The summed E-state index contributed by atoms with van der Waals surface area (Å²) < 4.78 is 5.47. The molecule has 0 aromatic rings. The van der Waals surface area contributed by atoms with E-state index in [1.54, 1.807) is 0 Å². The lowest BCUT2D eigenvalue weighted by atomic mass is 9.87. The molecule has 1 saturated heterocycles. The highest BCUT2D eigenvalue weighted by Gasteiger charge is 2.52. The number of hydrogen-bond acceptors (Lipinski definition) is 2. The summed E-state index contributed by atoms with van der Waals surface area (Å²) in [4.78, 5) is 0. The fourth-order valence-electron chi connectivity index (χ4n) is 2.46. The molecule has 66 valence electrons. The first-order valence-corrected chi connectivity index (χ1v) is 4.55. The van der Waals surface area contributed by atoms with Crippen LogP contribution in [0.2, 0.25) is 0 Å². The average Bonchev–Trinajstić information content (AvgIpc) is 2.51. The molecule has 0 radical (unpaired) electrons. The SMILES string of the molecule is C#CC[C@H]1OC[C@@H]2CCC[C@@]21O. The maximum atomic E-state index is 10.2. The molecule has 0 aromatic carbocycles. The highest BCUT2D eigenvalue weighted by Crippen LogP contribution is 2.45. The normalized spacial score (nSPS) is 45.7. The van der Waals surface area contributed by atoms with Gasteiger partial charge in [0.25, 0.3) is 0 Å². The van der Waals surface area contributed by atoms with Gasteiger partial charge in [0, 0.05) is 12.3 Å². The van der Waals surface area contributed by atoms with Gasteiger partial charge in [0.05, 0.1) is 18.3 Å². The molecule has 2 aliphatic rings. The third kappa shape index (κ3) is 0.972. The predicted molar refractivity (Wildman–Crippen MR) is 45.5 cm³/mol. The van der Waals surface area contributed by atoms with Gasteiger partial charge in [-0.15, -0.1) is 12.3 Å². The third-order valence-corrected chi connectivity index (χ3v) is 3.20. The summed E-state index contributed by atoms with van der Waals surface area (Å²) in [5.41, 5.74) is -0.591. The van der Waals surface area contributed by atoms with E-state index in [1.807, 2.05) is 0 Å². The predicted octanol–water partition coefficient (Wildman–Crippen LogP) is 0.940. The van der Waals surface area contributed by atoms with Gasteiger partial charge in [0.2, 0.25) is 0 Å². The van der Waals surface area contributed by atoms with Crippen LogP contribution in [0.5, 0.6) is 0 Å². The number of aliphatic hydroxyl groups is 1. The summed E-state index contributed by atoms with van der Waals surface area (Å²) in [5.74, 6) is 2.91. The Hall–Kier alpha value is -0.520. The van der Waals surface area contributed by atoms with Gasteiger partial charge in [0.15, 0.2) is 0 Å². The molecule has 1 N–H and O–H groups in total. The van der Waals surface area contributed by atoms with E-state index >= 15 is 0 Å². The average molecular weight is 166 g/mol. The minimum Gasteiger partial charge on any atom is -0.387 e. The quantitative estimate of drug-likeness (QED) is 0.587. The number of ether oxygens (including phenoxy) is 1. The molecule has 1 aliphatic carbocycles. The summed E-state index contributed by atoms with van der Waals surface area (Å²) in [6, 6.07) is 0. The van der Waals surface area contributed by atoms with E-state index in [4.69, 9.17) is 11.2 Å². The maximum Gasteiger partial charge on any atom is 0.0974 e. The minimum absolute atomic E-state index is 0.102. The maximum absolute atomic E-state index is 10.2. The Morgan fingerprint density at radius 2 is 2.50 bits per heavy atom. The Labute approximate surface area is 72.9 Å². The van der Waals surface area contributed by atoms with Crippen LogP contribution >= 0.6 is 0 Å². The van der Waals surface area contributed by atoms with Gasteiger partial charge in [-0.1, -0.05) is 0 Å². The Morgan fingerprint density at radius 1 is 1.67 bits per heavy atom. The number of rotatable bonds is 1. The first kappa shape index (κ1) is 8.10. The molecule has 1 heterocycles. The van der Waals surface area contributed by atoms with E-state index in [9.17, 15) is 5.11 Å². The minimum atomic E-state index is -0.591. The van der Waals surface area contributed by atoms with E-state index in [0.717, 1.165) is 19.3 Å². The lowest BCUT2D eigenvalue weighted by molar-refractivity contribution is -0.0407. The number of terminal acetylenes is 1. The fourth-order valence-corrected chi connectivity index (χ4v) is 2.46. The first-order valence-electron chi connectivity index (χ1n) is 4.55. The van der Waals surface area contributed by atoms with E-state index in [2.05, 4.69) is 5.92 Å². The molecule has 2 rings (SSSR count). The van der Waals surface area contributed by atoms with Crippen LogP contribution in [0.3, 0.4) is 0 Å². The number of hydrogen-bond donors (Lipinski definition) is 1. The van der Waals surface area contributed by atoms with Gasteiger partial charge >= 0.3 is 0 Å². The Kier molecular flexibility index (Phi) is 1.86. The molecule has 0 spiro atoms. The van der Waals surface area contributed by atoms with Crippen LogP contribution in [-0.4, -0.2) is 23.4 Å². The summed E-state index contributed by atoms with van der Waals surface area (Å²) in [6.07, 6.45) is 8.73. The lowest BCUT2D eigenvalue weighted by Gasteiger charge is -2.26. The second-order valence-corrected chi connectivity index (χ2v) is 3.81. The lowest BCUT2D eigenvalue weighted by Crippen LogP contribution is -2.39. The van der Waals surface area contributed by atoms with E-state index < -0.39 is 5.60 Å². The highest BCUT2D eigenvalue weighted by atomic mass is 16.5. The van der Waals surface area contributed by atoms with Crippen molar-refractivity contribution in [2.24, 2.45) is 5.92 Å². The number of fused-ring (bicyclic) bond motifs is 1. The summed E-state index contributed by atoms with van der Waals surface area (Å²) in [5, 5.41) is 10.2. The molecule has 12 heavy (non-hydrogen) atoms. The van der Waals surface area contributed by atoms with Crippen LogP contribution in [0.25, 0.3) is 0 Å². The van der Waals surface area contributed by atoms with Crippen LogP contribution in [0.4, 0.5) is 0 Å². The Bertz CT molecular complexity index is 218. The third-order valence-electron chi connectivity index (χ3n) is 3.20. The first-order chi connectivity index (χ1) is 5.77. The van der Waals surface area contributed by atoms with Crippen molar-refractivity contribution in [3.63, 3.8) is 0 Å². The van der Waals surface area contributed by atoms with Crippen molar-refractivity contribution in [2.45, 2.75) is 37.4 Å². The molecule has 0 bridgehead atoms. The molecular weight excluding hydrogens is 152 g/mol. The molecule has 0 unspecified atom stereocenters. The van der Waals surface area contributed by atoms with Gasteiger partial charge in [-0.3, -0.25) is 0 Å². The molecule has 1 aliphatic heterocycles. The van der Waals surface area contributed by atoms with Crippen molar-refractivity contribution in [1.29, 1.82) is 0 Å². The zero-order valence-corrected chi connectivity index (χ0v) is 7.12. The molecular formula is C10H14O2. The van der Waals surface area contributed by atoms with Crippen molar-refractivity contribution in [2.75, 3.05) is 6.61 Å². The summed E-state index contributed by atoms with van der Waals surface area (Å²) in [6.45, 7) is 0.697. The Balaban J connectivity index is 2.13. The molecule has 3 atom stereocenters. The van der Waals surface area contributed by atoms with Crippen molar-refractivity contribution < 1.29 is 9.84 Å². The van der Waals surface area contributed by atoms with Crippen LogP contribution in [-0.2, 0) is 4.74 Å². The standard InChI is InChI=1S/C10H14O2/c1-2-4-9-10(11)6-3-5-8(10)7-12-9/h1,8-9,11H,3-7H2/t8-,9+,10+/m0/s1. The molecule has 0 aromatic heterocycles. The van der Waals surface area contributed by atoms with E-state index in [1.165, 1.54) is 0 Å². The van der Waals surface area contributed by atoms with E-state index in [0.29, 0.717) is 18.9 Å². The highest BCUT2D eigenvalue weighted by molar-refractivity contribution is 5.06. The van der Waals surface area contributed by atoms with Gasteiger partial charge in [-0.2, -0.15) is 0 Å². The van der Waals surface area contributed by atoms with Crippen molar-refractivity contribution in [3.05, 3.63) is 0 Å². The summed E-state index contributed by atoms with van der Waals surface area (Å²) in [7, 11) is 0. The fraction of sp³-hybridized carbons (Fsp3) is 0.800. The Morgan fingerprint density at radius 3 is 3.25 bits per heavy atom. The van der Waals surface area contributed by atoms with Gasteiger partial charge in [-0.05, 0) is 19.3 Å². The molecule has 2 heteroatoms. The molecule has 0 amide bonds. The molecule has 2 fully saturated rings. The van der Waals surface area contributed by atoms with Crippen LogP contribution < -0.4 is 0 Å². The van der Waals surface area contributed by atoms with Crippen LogP contribution in [0.1, 0.15) is 25.7 Å². The van der Waals surface area contributed by atoms with Gasteiger partial charge in [-0.25, -0.2) is 0 Å². The van der Waals surface area contributed by atoms with Crippen LogP contribution in [0.15, 0.2) is 0 Å². The monoisotopic (exact) mass is 166 g/mol. The van der Waals surface area contributed by atoms with Crippen molar-refractivity contribution in [1.82, 2.24) is 0 Å². The van der Waals surface area contributed by atoms with Gasteiger partial charge in [0.1, 0.15) is 0 Å². The van der Waals surface area contributed by atoms with E-state index in [-0.39, 0.29) is 6.10 Å². The smallest absolute Gasteiger partial charge is 0.0974 e.